The van der Waals surface area contributed by atoms with Crippen LogP contribution in [0.4, 0.5) is 8.78 Å². The van der Waals surface area contributed by atoms with E-state index in [1.165, 1.54) is 12.1 Å². The average Bonchev–Trinajstić information content (AvgIpc) is 2.51. The highest BCUT2D eigenvalue weighted by molar-refractivity contribution is 6.30. The van der Waals surface area contributed by atoms with Crippen molar-refractivity contribution < 1.29 is 8.78 Å². The van der Waals surface area contributed by atoms with Crippen molar-refractivity contribution in [2.75, 3.05) is 0 Å². The quantitative estimate of drug-likeness (QED) is 0.479. The van der Waals surface area contributed by atoms with Gasteiger partial charge in [-0.25, -0.2) is 8.78 Å². The van der Waals surface area contributed by atoms with E-state index in [9.17, 15) is 8.78 Å². The van der Waals surface area contributed by atoms with Gasteiger partial charge < -0.3 is 0 Å². The molecule has 0 bridgehead atoms. The minimum atomic E-state index is -0.379. The molecule has 0 aliphatic heterocycles. The van der Waals surface area contributed by atoms with Crippen LogP contribution in [0.25, 0.3) is 22.3 Å². The van der Waals surface area contributed by atoms with Gasteiger partial charge in [0.25, 0.3) is 0 Å². The third kappa shape index (κ3) is 3.59. The highest BCUT2D eigenvalue weighted by Crippen LogP contribution is 2.29. The first-order chi connectivity index (χ1) is 10.5. The summed E-state index contributed by atoms with van der Waals surface area (Å²) in [7, 11) is 0. The molecule has 0 saturated heterocycles. The van der Waals surface area contributed by atoms with Gasteiger partial charge in [-0.1, -0.05) is 55.4 Å². The molecule has 23 heavy (non-hydrogen) atoms. The number of hydrogen-bond acceptors (Lipinski definition) is 0. The van der Waals surface area contributed by atoms with Crippen molar-refractivity contribution in [2.45, 2.75) is 14.4 Å². The normalized spacial score (nSPS) is 10.3. The van der Waals surface area contributed by atoms with Gasteiger partial charge in [-0.3, -0.25) is 0 Å². The molecule has 118 valence electrons. The number of hydrogen-bond donors (Lipinski definition) is 0. The molecule has 0 atom stereocenters. The largest absolute Gasteiger partial charge is 0.207 e. The summed E-state index contributed by atoms with van der Waals surface area (Å²) in [5, 5.41) is 0.635. The minimum absolute atomic E-state index is 0. The number of halogens is 3. The van der Waals surface area contributed by atoms with E-state index in [1.54, 1.807) is 37.3 Å². The summed E-state index contributed by atoms with van der Waals surface area (Å²) in [4.78, 5) is 0. The van der Waals surface area contributed by atoms with E-state index < -0.39 is 0 Å². The Hall–Kier alpha value is -2.19. The Morgan fingerprint density at radius 1 is 0.696 bits per heavy atom. The molecule has 0 aliphatic rings. The molecule has 3 heteroatoms. The van der Waals surface area contributed by atoms with Crippen molar-refractivity contribution >= 4 is 11.6 Å². The highest BCUT2D eigenvalue weighted by atomic mass is 35.5. The maximum Gasteiger partial charge on any atom is 0.131 e. The number of rotatable bonds is 2. The van der Waals surface area contributed by atoms with Crippen molar-refractivity contribution in [1.29, 1.82) is 0 Å². The fourth-order valence-corrected chi connectivity index (χ4v) is 2.46. The Morgan fingerprint density at radius 3 is 1.87 bits per heavy atom. The molecule has 0 radical (unpaired) electrons. The van der Waals surface area contributed by atoms with Crippen LogP contribution in [0.2, 0.25) is 5.02 Å². The van der Waals surface area contributed by atoms with Gasteiger partial charge in [0.15, 0.2) is 0 Å². The molecule has 3 rings (SSSR count). The minimum Gasteiger partial charge on any atom is -0.207 e. The summed E-state index contributed by atoms with van der Waals surface area (Å²) in [5.41, 5.74) is 3.09. The molecule has 0 aliphatic carbocycles. The van der Waals surface area contributed by atoms with E-state index in [4.69, 9.17) is 11.6 Å². The second-order valence-corrected chi connectivity index (χ2v) is 5.60. The second-order valence-electron chi connectivity index (χ2n) is 5.17. The van der Waals surface area contributed by atoms with Crippen LogP contribution in [0.3, 0.4) is 0 Å². The first-order valence-corrected chi connectivity index (χ1v) is 7.24. The zero-order chi connectivity index (χ0) is 15.7. The topological polar surface area (TPSA) is 0 Å². The van der Waals surface area contributed by atoms with E-state index >= 15 is 0 Å². The predicted molar refractivity (Wildman–Crippen MR) is 93.7 cm³/mol. The third-order valence-electron chi connectivity index (χ3n) is 3.63. The molecule has 0 spiro atoms. The van der Waals surface area contributed by atoms with Crippen LogP contribution in [0.1, 0.15) is 13.0 Å². The Balaban J connectivity index is 0.00000192. The van der Waals surface area contributed by atoms with Crippen molar-refractivity contribution in [1.82, 2.24) is 0 Å². The van der Waals surface area contributed by atoms with Crippen LogP contribution in [0.15, 0.2) is 60.7 Å². The van der Waals surface area contributed by atoms with E-state index in [0.29, 0.717) is 21.7 Å². The van der Waals surface area contributed by atoms with Crippen molar-refractivity contribution in [2.24, 2.45) is 0 Å². The zero-order valence-corrected chi connectivity index (χ0v) is 12.7. The molecule has 3 aromatic rings. The SMILES string of the molecule is C.Cc1ccc(-c2ccc(-c3ccc(Cl)cc3)cc2F)cc1F. The average molecular weight is 331 g/mol. The second kappa shape index (κ2) is 6.93. The summed E-state index contributed by atoms with van der Waals surface area (Å²) < 4.78 is 28.0. The lowest BCUT2D eigenvalue weighted by Gasteiger charge is -2.08. The van der Waals surface area contributed by atoms with Crippen LogP contribution >= 0.6 is 11.6 Å². The smallest absolute Gasteiger partial charge is 0.131 e. The van der Waals surface area contributed by atoms with Crippen LogP contribution in [0, 0.1) is 18.6 Å². The molecule has 0 amide bonds. The van der Waals surface area contributed by atoms with Gasteiger partial charge in [0.2, 0.25) is 0 Å². The van der Waals surface area contributed by atoms with E-state index in [2.05, 4.69) is 0 Å². The van der Waals surface area contributed by atoms with Gasteiger partial charge in [0.05, 0.1) is 0 Å². The molecule has 0 heterocycles. The Kier molecular flexibility index (Phi) is 5.17. The molecule has 0 N–H and O–H groups in total. The van der Waals surface area contributed by atoms with E-state index in [-0.39, 0.29) is 19.1 Å². The molecule has 0 nitrogen and oxygen atoms in total. The maximum atomic E-state index is 14.4. The Labute approximate surface area is 140 Å². The third-order valence-corrected chi connectivity index (χ3v) is 3.88. The first kappa shape index (κ1) is 17.2. The van der Waals surface area contributed by atoms with Crippen LogP contribution in [-0.4, -0.2) is 0 Å². The Morgan fingerprint density at radius 2 is 1.26 bits per heavy atom. The Bertz CT molecular complexity index is 824. The molecule has 0 aromatic heterocycles. The molecule has 0 saturated carbocycles. The van der Waals surface area contributed by atoms with E-state index in [0.717, 1.165) is 11.1 Å². The maximum absolute atomic E-state index is 14.4. The summed E-state index contributed by atoms with van der Waals surface area (Å²) in [6.07, 6.45) is 0. The molecular formula is C20H17ClF2. The van der Waals surface area contributed by atoms with Crippen molar-refractivity contribution in [3.05, 3.63) is 82.9 Å². The molecule has 0 fully saturated rings. The van der Waals surface area contributed by atoms with Crippen LogP contribution in [-0.2, 0) is 0 Å². The molecule has 3 aromatic carbocycles. The zero-order valence-electron chi connectivity index (χ0n) is 11.9. The number of benzene rings is 3. The standard InChI is InChI=1S/C19H13ClF2.CH4/c1-12-2-3-15(11-18(12)21)17-9-6-14(10-19(17)22)13-4-7-16(20)8-5-13;/h2-11H,1H3;1H4. The van der Waals surface area contributed by atoms with Crippen molar-refractivity contribution in [3.8, 4) is 22.3 Å². The van der Waals surface area contributed by atoms with Crippen LogP contribution in [0.5, 0.6) is 0 Å². The predicted octanol–water partition coefficient (Wildman–Crippen LogP) is 6.90. The van der Waals surface area contributed by atoms with Gasteiger partial charge in [-0.2, -0.15) is 0 Å². The highest BCUT2D eigenvalue weighted by Gasteiger charge is 2.09. The lowest BCUT2D eigenvalue weighted by molar-refractivity contribution is 0.617. The lowest BCUT2D eigenvalue weighted by atomic mass is 9.99. The van der Waals surface area contributed by atoms with Crippen molar-refractivity contribution in [3.63, 3.8) is 0 Å². The fraction of sp³-hybridized carbons (Fsp3) is 0.100. The first-order valence-electron chi connectivity index (χ1n) is 6.86. The summed E-state index contributed by atoms with van der Waals surface area (Å²) in [5.74, 6) is -0.714. The van der Waals surface area contributed by atoms with Gasteiger partial charge in [0, 0.05) is 10.6 Å². The fourth-order valence-electron chi connectivity index (χ4n) is 2.33. The van der Waals surface area contributed by atoms with Crippen LogP contribution < -0.4 is 0 Å². The van der Waals surface area contributed by atoms with Gasteiger partial charge >= 0.3 is 0 Å². The summed E-state index contributed by atoms with van der Waals surface area (Å²) in [6, 6.07) is 16.9. The molecular weight excluding hydrogens is 314 g/mol. The summed E-state index contributed by atoms with van der Waals surface area (Å²) in [6.45, 7) is 1.68. The van der Waals surface area contributed by atoms with Gasteiger partial charge in [-0.15, -0.1) is 0 Å². The summed E-state index contributed by atoms with van der Waals surface area (Å²) >= 11 is 5.85. The van der Waals surface area contributed by atoms with Gasteiger partial charge in [-0.05, 0) is 53.4 Å². The molecule has 0 unspecified atom stereocenters. The number of aryl methyl sites for hydroxylation is 1. The lowest BCUT2D eigenvalue weighted by Crippen LogP contribution is -1.89. The van der Waals surface area contributed by atoms with Gasteiger partial charge in [0.1, 0.15) is 11.6 Å². The monoisotopic (exact) mass is 330 g/mol. The van der Waals surface area contributed by atoms with E-state index in [1.807, 2.05) is 18.2 Å².